The van der Waals surface area contributed by atoms with Crippen LogP contribution < -0.4 is 0 Å². The standard InChI is InChI=1S/C11H21ClO2/c1-8(2)7-14-10(13)11(4,5)9(3)6-12/h8-9H,6-7H2,1-5H3/t9-/m0/s1. The molecule has 1 atom stereocenters. The summed E-state index contributed by atoms with van der Waals surface area (Å²) < 4.78 is 5.19. The van der Waals surface area contributed by atoms with Crippen LogP contribution in [-0.2, 0) is 9.53 Å². The summed E-state index contributed by atoms with van der Waals surface area (Å²) in [5.41, 5.74) is -0.489. The molecule has 0 amide bonds. The van der Waals surface area contributed by atoms with Crippen LogP contribution in [0.25, 0.3) is 0 Å². The molecule has 0 rings (SSSR count). The van der Waals surface area contributed by atoms with E-state index >= 15 is 0 Å². The Labute approximate surface area is 92.0 Å². The monoisotopic (exact) mass is 220 g/mol. The van der Waals surface area contributed by atoms with Crippen molar-refractivity contribution in [1.82, 2.24) is 0 Å². The zero-order valence-electron chi connectivity index (χ0n) is 9.76. The minimum atomic E-state index is -0.489. The summed E-state index contributed by atoms with van der Waals surface area (Å²) in [4.78, 5) is 11.7. The van der Waals surface area contributed by atoms with Gasteiger partial charge in [0.15, 0.2) is 0 Å². The van der Waals surface area contributed by atoms with Crippen molar-refractivity contribution in [2.75, 3.05) is 12.5 Å². The van der Waals surface area contributed by atoms with E-state index in [1.165, 1.54) is 0 Å². The van der Waals surface area contributed by atoms with Gasteiger partial charge in [0.05, 0.1) is 12.0 Å². The van der Waals surface area contributed by atoms with Gasteiger partial charge in [0.1, 0.15) is 0 Å². The molecule has 0 aliphatic carbocycles. The van der Waals surface area contributed by atoms with Crippen LogP contribution in [0.2, 0.25) is 0 Å². The van der Waals surface area contributed by atoms with Crippen molar-refractivity contribution >= 4 is 17.6 Å². The van der Waals surface area contributed by atoms with Crippen molar-refractivity contribution in [1.29, 1.82) is 0 Å². The van der Waals surface area contributed by atoms with Gasteiger partial charge in [0.2, 0.25) is 0 Å². The molecule has 0 saturated carbocycles. The highest BCUT2D eigenvalue weighted by atomic mass is 35.5. The maximum Gasteiger partial charge on any atom is 0.311 e. The number of carbonyl (C=O) groups excluding carboxylic acids is 1. The van der Waals surface area contributed by atoms with Gasteiger partial charge in [-0.05, 0) is 25.7 Å². The molecule has 0 radical (unpaired) electrons. The van der Waals surface area contributed by atoms with Gasteiger partial charge in [0, 0.05) is 5.88 Å². The molecular weight excluding hydrogens is 200 g/mol. The highest BCUT2D eigenvalue weighted by Gasteiger charge is 2.34. The third kappa shape index (κ3) is 3.87. The summed E-state index contributed by atoms with van der Waals surface area (Å²) in [5, 5.41) is 0. The van der Waals surface area contributed by atoms with Crippen molar-refractivity contribution in [2.24, 2.45) is 17.3 Å². The van der Waals surface area contributed by atoms with E-state index in [0.717, 1.165) is 0 Å². The number of hydrogen-bond acceptors (Lipinski definition) is 2. The Morgan fingerprint density at radius 3 is 2.21 bits per heavy atom. The van der Waals surface area contributed by atoms with E-state index in [9.17, 15) is 4.79 Å². The number of esters is 1. The largest absolute Gasteiger partial charge is 0.465 e. The molecular formula is C11H21ClO2. The van der Waals surface area contributed by atoms with Crippen LogP contribution in [0.15, 0.2) is 0 Å². The normalized spacial score (nSPS) is 14.2. The summed E-state index contributed by atoms with van der Waals surface area (Å²) in [7, 11) is 0. The topological polar surface area (TPSA) is 26.3 Å². The molecule has 0 saturated heterocycles. The van der Waals surface area contributed by atoms with Gasteiger partial charge < -0.3 is 4.74 Å². The zero-order chi connectivity index (χ0) is 11.4. The molecule has 0 aliphatic heterocycles. The van der Waals surface area contributed by atoms with Crippen molar-refractivity contribution in [2.45, 2.75) is 34.6 Å². The Morgan fingerprint density at radius 1 is 1.36 bits per heavy atom. The smallest absolute Gasteiger partial charge is 0.311 e. The fourth-order valence-electron chi connectivity index (χ4n) is 0.822. The lowest BCUT2D eigenvalue weighted by Gasteiger charge is -2.28. The number of rotatable bonds is 5. The van der Waals surface area contributed by atoms with E-state index in [-0.39, 0.29) is 11.9 Å². The van der Waals surface area contributed by atoms with Gasteiger partial charge in [-0.25, -0.2) is 0 Å². The van der Waals surface area contributed by atoms with E-state index in [2.05, 4.69) is 0 Å². The average molecular weight is 221 g/mol. The summed E-state index contributed by atoms with van der Waals surface area (Å²) in [6.45, 7) is 10.2. The second-order valence-electron chi connectivity index (χ2n) is 4.77. The van der Waals surface area contributed by atoms with Crippen LogP contribution in [-0.4, -0.2) is 18.5 Å². The zero-order valence-corrected chi connectivity index (χ0v) is 10.5. The van der Waals surface area contributed by atoms with Gasteiger partial charge in [0.25, 0.3) is 0 Å². The molecule has 0 aromatic heterocycles. The lowest BCUT2D eigenvalue weighted by Crippen LogP contribution is -2.34. The van der Waals surface area contributed by atoms with Crippen LogP contribution in [0.5, 0.6) is 0 Å². The minimum absolute atomic E-state index is 0.129. The maximum atomic E-state index is 11.7. The summed E-state index contributed by atoms with van der Waals surface area (Å²) in [5.74, 6) is 0.827. The van der Waals surface area contributed by atoms with Gasteiger partial charge in [-0.1, -0.05) is 20.8 Å². The highest BCUT2D eigenvalue weighted by molar-refractivity contribution is 6.18. The lowest BCUT2D eigenvalue weighted by atomic mass is 9.81. The molecule has 14 heavy (non-hydrogen) atoms. The summed E-state index contributed by atoms with van der Waals surface area (Å²) >= 11 is 5.74. The molecule has 0 aromatic carbocycles. The number of ether oxygens (including phenoxy) is 1. The van der Waals surface area contributed by atoms with E-state index in [1.807, 2.05) is 34.6 Å². The number of hydrogen-bond donors (Lipinski definition) is 0. The van der Waals surface area contributed by atoms with Gasteiger partial charge >= 0.3 is 5.97 Å². The third-order valence-electron chi connectivity index (χ3n) is 2.54. The molecule has 0 N–H and O–H groups in total. The fourth-order valence-corrected chi connectivity index (χ4v) is 1.21. The molecule has 0 bridgehead atoms. The Morgan fingerprint density at radius 2 is 1.86 bits per heavy atom. The van der Waals surface area contributed by atoms with E-state index in [4.69, 9.17) is 16.3 Å². The Bertz CT molecular complexity index is 188. The first-order chi connectivity index (χ1) is 6.32. The molecule has 0 fully saturated rings. The SMILES string of the molecule is CC(C)COC(=O)C(C)(C)[C@@H](C)CCl. The van der Waals surface area contributed by atoms with Crippen molar-refractivity contribution in [3.05, 3.63) is 0 Å². The second-order valence-corrected chi connectivity index (χ2v) is 5.08. The van der Waals surface area contributed by atoms with Gasteiger partial charge in [-0.3, -0.25) is 4.79 Å². The van der Waals surface area contributed by atoms with Crippen LogP contribution in [0.3, 0.4) is 0 Å². The highest BCUT2D eigenvalue weighted by Crippen LogP contribution is 2.29. The Hall–Kier alpha value is -0.240. The van der Waals surface area contributed by atoms with E-state index in [0.29, 0.717) is 18.4 Å². The van der Waals surface area contributed by atoms with Crippen LogP contribution >= 0.6 is 11.6 Å². The quantitative estimate of drug-likeness (QED) is 0.526. The Balaban J connectivity index is 4.21. The number of carbonyl (C=O) groups is 1. The van der Waals surface area contributed by atoms with Crippen LogP contribution in [0.1, 0.15) is 34.6 Å². The second kappa shape index (κ2) is 5.59. The van der Waals surface area contributed by atoms with E-state index in [1.54, 1.807) is 0 Å². The molecule has 3 heteroatoms. The molecule has 0 aromatic rings. The fraction of sp³-hybridized carbons (Fsp3) is 0.909. The predicted molar refractivity (Wildman–Crippen MR) is 59.5 cm³/mol. The summed E-state index contributed by atoms with van der Waals surface area (Å²) in [6, 6.07) is 0. The van der Waals surface area contributed by atoms with Crippen molar-refractivity contribution in [3.63, 3.8) is 0 Å². The first-order valence-electron chi connectivity index (χ1n) is 5.05. The third-order valence-corrected chi connectivity index (χ3v) is 3.00. The average Bonchev–Trinajstić information content (AvgIpc) is 2.12. The first kappa shape index (κ1) is 13.8. The first-order valence-corrected chi connectivity index (χ1v) is 5.59. The maximum absolute atomic E-state index is 11.7. The molecule has 0 aliphatic rings. The molecule has 2 nitrogen and oxygen atoms in total. The van der Waals surface area contributed by atoms with Crippen LogP contribution in [0, 0.1) is 17.3 Å². The molecule has 84 valence electrons. The lowest BCUT2D eigenvalue weighted by molar-refractivity contribution is -0.157. The van der Waals surface area contributed by atoms with Gasteiger partial charge in [-0.2, -0.15) is 0 Å². The molecule has 0 heterocycles. The number of alkyl halides is 1. The van der Waals surface area contributed by atoms with Crippen molar-refractivity contribution < 1.29 is 9.53 Å². The molecule has 0 spiro atoms. The van der Waals surface area contributed by atoms with Gasteiger partial charge in [-0.15, -0.1) is 11.6 Å². The summed E-state index contributed by atoms with van der Waals surface area (Å²) in [6.07, 6.45) is 0. The van der Waals surface area contributed by atoms with E-state index < -0.39 is 5.41 Å². The van der Waals surface area contributed by atoms with Crippen molar-refractivity contribution in [3.8, 4) is 0 Å². The minimum Gasteiger partial charge on any atom is -0.465 e. The molecule has 0 unspecified atom stereocenters. The number of halogens is 1. The predicted octanol–water partition coefficient (Wildman–Crippen LogP) is 3.09. The Kier molecular flexibility index (Phi) is 5.50. The van der Waals surface area contributed by atoms with Crippen LogP contribution in [0.4, 0.5) is 0 Å².